The molecule has 0 aliphatic rings. The second-order valence-electron chi connectivity index (χ2n) is 6.17. The molecule has 4 N–H and O–H groups in total. The van der Waals surface area contributed by atoms with Crippen molar-refractivity contribution in [1.82, 2.24) is 0 Å². The number of aliphatic carboxylic acids is 1. The van der Waals surface area contributed by atoms with Crippen molar-refractivity contribution in [3.05, 3.63) is 36.5 Å². The maximum Gasteiger partial charge on any atom is 0.303 e. The molecule has 25 heavy (non-hydrogen) atoms. The number of carbonyl (C=O) groups is 1. The molecule has 0 rings (SSSR count). The van der Waals surface area contributed by atoms with Gasteiger partial charge in [-0.3, -0.25) is 4.79 Å². The quantitative estimate of drug-likeness (QED) is 0.267. The zero-order valence-corrected chi connectivity index (χ0v) is 15.3. The van der Waals surface area contributed by atoms with E-state index in [0.29, 0.717) is 25.7 Å². The summed E-state index contributed by atoms with van der Waals surface area (Å²) >= 11 is 0. The fourth-order valence-corrected chi connectivity index (χ4v) is 2.23. The first-order chi connectivity index (χ1) is 12.0. The number of hydrogen-bond acceptors (Lipinski definition) is 4. The van der Waals surface area contributed by atoms with Crippen LogP contribution in [0.2, 0.25) is 0 Å². The Morgan fingerprint density at radius 1 is 0.920 bits per heavy atom. The van der Waals surface area contributed by atoms with Gasteiger partial charge in [0, 0.05) is 6.42 Å². The molecule has 0 aromatic heterocycles. The molecule has 5 heteroatoms. The van der Waals surface area contributed by atoms with Crippen LogP contribution in [0.15, 0.2) is 36.5 Å². The Morgan fingerprint density at radius 2 is 1.60 bits per heavy atom. The van der Waals surface area contributed by atoms with Crippen LogP contribution in [0.4, 0.5) is 0 Å². The summed E-state index contributed by atoms with van der Waals surface area (Å²) in [5, 5.41) is 38.1. The average molecular weight is 354 g/mol. The normalized spacial score (nSPS) is 16.0. The molecule has 144 valence electrons. The fourth-order valence-electron chi connectivity index (χ4n) is 2.23. The topological polar surface area (TPSA) is 98.0 Å². The Morgan fingerprint density at radius 3 is 2.28 bits per heavy atom. The predicted molar refractivity (Wildman–Crippen MR) is 100 cm³/mol. The third-order valence-electron chi connectivity index (χ3n) is 3.80. The molecule has 0 saturated carbocycles. The highest BCUT2D eigenvalue weighted by molar-refractivity contribution is 5.66. The lowest BCUT2D eigenvalue weighted by atomic mass is 10.0. The largest absolute Gasteiger partial charge is 0.481 e. The Labute approximate surface area is 151 Å². The second-order valence-corrected chi connectivity index (χ2v) is 6.17. The number of carboxylic acids is 1. The smallest absolute Gasteiger partial charge is 0.303 e. The van der Waals surface area contributed by atoms with Crippen LogP contribution in [0.25, 0.3) is 0 Å². The molecule has 0 radical (unpaired) electrons. The van der Waals surface area contributed by atoms with Crippen LogP contribution < -0.4 is 0 Å². The molecule has 0 aliphatic carbocycles. The number of carboxylic acid groups (broad SMARTS) is 1. The summed E-state index contributed by atoms with van der Waals surface area (Å²) in [5.74, 6) is -0.792. The van der Waals surface area contributed by atoms with E-state index in [9.17, 15) is 20.1 Å². The minimum Gasteiger partial charge on any atom is -0.481 e. The third-order valence-corrected chi connectivity index (χ3v) is 3.80. The highest BCUT2D eigenvalue weighted by atomic mass is 16.4. The van der Waals surface area contributed by atoms with E-state index in [2.05, 4.69) is 6.92 Å². The van der Waals surface area contributed by atoms with Crippen LogP contribution in [0, 0.1) is 0 Å². The van der Waals surface area contributed by atoms with Crippen LogP contribution in [0.3, 0.4) is 0 Å². The lowest BCUT2D eigenvalue weighted by Gasteiger charge is -2.19. The van der Waals surface area contributed by atoms with Crippen molar-refractivity contribution in [2.45, 2.75) is 83.0 Å². The molecular weight excluding hydrogens is 320 g/mol. The van der Waals surface area contributed by atoms with Crippen molar-refractivity contribution in [2.75, 3.05) is 0 Å². The first-order valence-corrected chi connectivity index (χ1v) is 9.21. The molecule has 3 atom stereocenters. The van der Waals surface area contributed by atoms with Crippen molar-refractivity contribution in [3.63, 3.8) is 0 Å². The zero-order valence-electron chi connectivity index (χ0n) is 15.3. The molecule has 0 aromatic carbocycles. The highest BCUT2D eigenvalue weighted by Crippen LogP contribution is 2.08. The summed E-state index contributed by atoms with van der Waals surface area (Å²) in [4.78, 5) is 10.3. The summed E-state index contributed by atoms with van der Waals surface area (Å²) in [6.07, 6.45) is 14.3. The van der Waals surface area contributed by atoms with Gasteiger partial charge in [0.15, 0.2) is 0 Å². The van der Waals surface area contributed by atoms with Crippen molar-refractivity contribution < 1.29 is 25.2 Å². The monoisotopic (exact) mass is 354 g/mol. The van der Waals surface area contributed by atoms with Crippen molar-refractivity contribution in [2.24, 2.45) is 0 Å². The molecule has 0 amide bonds. The number of allylic oxidation sites excluding steroid dienone is 4. The van der Waals surface area contributed by atoms with Gasteiger partial charge in [-0.1, -0.05) is 56.2 Å². The number of aliphatic hydroxyl groups excluding tert-OH is 3. The Kier molecular flexibility index (Phi) is 15.1. The van der Waals surface area contributed by atoms with Crippen LogP contribution in [0.1, 0.15) is 64.7 Å². The molecule has 0 aliphatic heterocycles. The maximum absolute atomic E-state index is 10.3. The fraction of sp³-hybridized carbons (Fsp3) is 0.650. The summed E-state index contributed by atoms with van der Waals surface area (Å²) in [7, 11) is 0. The first kappa shape index (κ1) is 23.6. The first-order valence-electron chi connectivity index (χ1n) is 9.21. The molecule has 0 heterocycles. The lowest BCUT2D eigenvalue weighted by molar-refractivity contribution is -0.137. The SMILES string of the molecule is CCCCC/C=C\C[C@@H](O)[C@H](O)C(O)/C=C\C/C=C\CCCC(=O)O. The minimum absolute atomic E-state index is 0.163. The summed E-state index contributed by atoms with van der Waals surface area (Å²) in [5.41, 5.74) is 0. The average Bonchev–Trinajstić information content (AvgIpc) is 2.58. The molecule has 0 saturated heterocycles. The van der Waals surface area contributed by atoms with E-state index in [1.165, 1.54) is 18.9 Å². The standard InChI is InChI=1S/C20H34O5/c1-2-3-4-5-8-11-14-17(21)20(25)18(22)15-12-9-6-7-10-13-16-19(23)24/h6-8,11-12,15,17-18,20-22,25H,2-5,9-10,13-14,16H2,1H3,(H,23,24)/b7-6-,11-8-,15-12-/t17-,18?,20+/m1/s1. The highest BCUT2D eigenvalue weighted by Gasteiger charge is 2.21. The number of aliphatic hydroxyl groups is 3. The Balaban J connectivity index is 3.92. The Hall–Kier alpha value is -1.43. The summed E-state index contributed by atoms with van der Waals surface area (Å²) in [6.45, 7) is 2.15. The molecule has 5 nitrogen and oxygen atoms in total. The number of hydrogen-bond donors (Lipinski definition) is 4. The Bertz CT molecular complexity index is 414. The van der Waals surface area contributed by atoms with Gasteiger partial charge >= 0.3 is 5.97 Å². The van der Waals surface area contributed by atoms with E-state index in [4.69, 9.17) is 5.11 Å². The molecule has 0 bridgehead atoms. The van der Waals surface area contributed by atoms with E-state index >= 15 is 0 Å². The van der Waals surface area contributed by atoms with E-state index in [-0.39, 0.29) is 6.42 Å². The zero-order chi connectivity index (χ0) is 18.9. The molecule has 1 unspecified atom stereocenters. The van der Waals surface area contributed by atoms with Gasteiger partial charge in [-0.25, -0.2) is 0 Å². The maximum atomic E-state index is 10.3. The third kappa shape index (κ3) is 14.6. The predicted octanol–water partition coefficient (Wildman–Crippen LogP) is 3.35. The van der Waals surface area contributed by atoms with Gasteiger partial charge in [-0.05, 0) is 38.5 Å². The van der Waals surface area contributed by atoms with Gasteiger partial charge in [0.05, 0.1) is 6.10 Å². The van der Waals surface area contributed by atoms with Gasteiger partial charge in [0.2, 0.25) is 0 Å². The van der Waals surface area contributed by atoms with Crippen LogP contribution >= 0.6 is 0 Å². The van der Waals surface area contributed by atoms with E-state index in [0.717, 1.165) is 12.8 Å². The van der Waals surface area contributed by atoms with E-state index in [1.807, 2.05) is 24.3 Å². The van der Waals surface area contributed by atoms with Crippen molar-refractivity contribution in [1.29, 1.82) is 0 Å². The van der Waals surface area contributed by atoms with Gasteiger partial charge in [-0.15, -0.1) is 0 Å². The lowest BCUT2D eigenvalue weighted by Crippen LogP contribution is -2.35. The molecule has 0 fully saturated rings. The molecule has 0 spiro atoms. The van der Waals surface area contributed by atoms with Gasteiger partial charge < -0.3 is 20.4 Å². The van der Waals surface area contributed by atoms with E-state index in [1.54, 1.807) is 6.08 Å². The van der Waals surface area contributed by atoms with Crippen LogP contribution in [0.5, 0.6) is 0 Å². The van der Waals surface area contributed by atoms with Gasteiger partial charge in [0.1, 0.15) is 12.2 Å². The summed E-state index contributed by atoms with van der Waals surface area (Å²) in [6, 6.07) is 0. The van der Waals surface area contributed by atoms with Crippen molar-refractivity contribution in [3.8, 4) is 0 Å². The minimum atomic E-state index is -1.21. The second kappa shape index (κ2) is 16.1. The summed E-state index contributed by atoms with van der Waals surface area (Å²) < 4.78 is 0. The van der Waals surface area contributed by atoms with Crippen LogP contribution in [-0.4, -0.2) is 44.7 Å². The van der Waals surface area contributed by atoms with Gasteiger partial charge in [-0.2, -0.15) is 0 Å². The van der Waals surface area contributed by atoms with Crippen LogP contribution in [-0.2, 0) is 4.79 Å². The van der Waals surface area contributed by atoms with Crippen molar-refractivity contribution >= 4 is 5.97 Å². The van der Waals surface area contributed by atoms with E-state index < -0.39 is 24.3 Å². The molecule has 0 aromatic rings. The molecular formula is C20H34O5. The number of unbranched alkanes of at least 4 members (excludes halogenated alkanes) is 4. The number of rotatable bonds is 15. The van der Waals surface area contributed by atoms with Gasteiger partial charge in [0.25, 0.3) is 0 Å².